The molecule has 2 heterocycles. The quantitative estimate of drug-likeness (QED) is 0.910. The van der Waals surface area contributed by atoms with Gasteiger partial charge in [-0.25, -0.2) is 4.39 Å². The van der Waals surface area contributed by atoms with Gasteiger partial charge in [-0.2, -0.15) is 0 Å². The number of rotatable bonds is 3. The third-order valence-corrected chi connectivity index (χ3v) is 3.43. The molecule has 21 heavy (non-hydrogen) atoms. The molecule has 6 nitrogen and oxygen atoms in total. The largest absolute Gasteiger partial charge is 0.406 e. The van der Waals surface area contributed by atoms with Crippen molar-refractivity contribution >= 4 is 23.5 Å². The highest BCUT2D eigenvalue weighted by molar-refractivity contribution is 6.31. The third kappa shape index (κ3) is 3.03. The Hall–Kier alpha value is -1.99. The second-order valence-corrected chi connectivity index (χ2v) is 5.11. The summed E-state index contributed by atoms with van der Waals surface area (Å²) in [4.78, 5) is 12.0. The van der Waals surface area contributed by atoms with Gasteiger partial charge in [0, 0.05) is 5.02 Å². The second kappa shape index (κ2) is 5.79. The van der Waals surface area contributed by atoms with E-state index in [0.717, 1.165) is 25.5 Å². The van der Waals surface area contributed by atoms with Gasteiger partial charge < -0.3 is 9.73 Å². The predicted octanol–water partition coefficient (Wildman–Crippen LogP) is 2.54. The molecule has 3 rings (SSSR count). The summed E-state index contributed by atoms with van der Waals surface area (Å²) in [5.41, 5.74) is -0.179. The molecule has 8 heteroatoms. The fraction of sp³-hybridized carbons (Fsp3) is 0.308. The Morgan fingerprint density at radius 2 is 2.33 bits per heavy atom. The van der Waals surface area contributed by atoms with Crippen LogP contribution in [0.4, 0.5) is 10.4 Å². The molecule has 0 bridgehead atoms. The van der Waals surface area contributed by atoms with Gasteiger partial charge in [0.1, 0.15) is 5.82 Å². The van der Waals surface area contributed by atoms with E-state index in [4.69, 9.17) is 16.0 Å². The van der Waals surface area contributed by atoms with E-state index < -0.39 is 11.7 Å². The first-order valence-electron chi connectivity index (χ1n) is 6.46. The lowest BCUT2D eigenvalue weighted by molar-refractivity contribution is 0.102. The van der Waals surface area contributed by atoms with Crippen LogP contribution in [-0.2, 0) is 0 Å². The molecule has 1 amide bonds. The average Bonchev–Trinajstić information content (AvgIpc) is 3.11. The first-order chi connectivity index (χ1) is 10.1. The van der Waals surface area contributed by atoms with Crippen LogP contribution in [0.1, 0.15) is 35.1 Å². The van der Waals surface area contributed by atoms with Gasteiger partial charge >= 0.3 is 6.01 Å². The van der Waals surface area contributed by atoms with E-state index in [-0.39, 0.29) is 22.6 Å². The number of carbonyl (C=O) groups excluding carboxylic acids is 1. The maximum atomic E-state index is 13.6. The second-order valence-electron chi connectivity index (χ2n) is 4.67. The number of nitrogens with one attached hydrogen (secondary N) is 2. The molecule has 1 fully saturated rings. The van der Waals surface area contributed by atoms with Crippen molar-refractivity contribution in [3.05, 3.63) is 40.5 Å². The zero-order valence-corrected chi connectivity index (χ0v) is 11.7. The molecule has 1 aromatic carbocycles. The smallest absolute Gasteiger partial charge is 0.322 e. The highest BCUT2D eigenvalue weighted by Crippen LogP contribution is 2.23. The van der Waals surface area contributed by atoms with Crippen LogP contribution in [0, 0.1) is 5.82 Å². The molecule has 0 radical (unpaired) electrons. The first kappa shape index (κ1) is 14.0. The summed E-state index contributed by atoms with van der Waals surface area (Å²) in [5.74, 6) is -0.951. The Labute approximate surface area is 124 Å². The molecule has 1 unspecified atom stereocenters. The lowest BCUT2D eigenvalue weighted by Gasteiger charge is -2.04. The van der Waals surface area contributed by atoms with Crippen LogP contribution in [0.5, 0.6) is 0 Å². The standard InChI is InChI=1S/C13H12ClFN4O2/c14-7-3-4-9(15)8(6-7)11(20)17-13-19-18-12(21-13)10-2-1-5-16-10/h3-4,6,10,16H,1-2,5H2,(H,17,19,20). The Bertz CT molecular complexity index is 670. The van der Waals surface area contributed by atoms with Crippen molar-refractivity contribution in [1.29, 1.82) is 0 Å². The molecule has 110 valence electrons. The van der Waals surface area contributed by atoms with Gasteiger partial charge in [-0.3, -0.25) is 10.1 Å². The van der Waals surface area contributed by atoms with Crippen molar-refractivity contribution in [2.45, 2.75) is 18.9 Å². The van der Waals surface area contributed by atoms with E-state index in [1.54, 1.807) is 0 Å². The molecule has 1 aliphatic rings. The molecule has 0 spiro atoms. The summed E-state index contributed by atoms with van der Waals surface area (Å²) in [6.45, 7) is 0.891. The van der Waals surface area contributed by atoms with E-state index in [9.17, 15) is 9.18 Å². The van der Waals surface area contributed by atoms with Crippen molar-refractivity contribution in [3.8, 4) is 0 Å². The van der Waals surface area contributed by atoms with E-state index in [1.165, 1.54) is 12.1 Å². The van der Waals surface area contributed by atoms with Gasteiger partial charge in [0.15, 0.2) is 0 Å². The van der Waals surface area contributed by atoms with Gasteiger partial charge in [0.25, 0.3) is 5.91 Å². The number of nitrogens with zero attached hydrogens (tertiary/aromatic N) is 2. The number of benzene rings is 1. The van der Waals surface area contributed by atoms with Crippen molar-refractivity contribution in [3.63, 3.8) is 0 Å². The van der Waals surface area contributed by atoms with Crippen LogP contribution in [0.25, 0.3) is 0 Å². The Balaban J connectivity index is 1.74. The lowest BCUT2D eigenvalue weighted by atomic mass is 10.2. The molecule has 1 aliphatic heterocycles. The Morgan fingerprint density at radius 3 is 3.10 bits per heavy atom. The minimum atomic E-state index is -0.690. The first-order valence-corrected chi connectivity index (χ1v) is 6.84. The molecule has 2 aromatic rings. The summed E-state index contributed by atoms with van der Waals surface area (Å²) in [7, 11) is 0. The number of halogens is 2. The Morgan fingerprint density at radius 1 is 1.48 bits per heavy atom. The summed E-state index contributed by atoms with van der Waals surface area (Å²) < 4.78 is 18.9. The number of anilines is 1. The maximum absolute atomic E-state index is 13.6. The number of aromatic nitrogens is 2. The maximum Gasteiger partial charge on any atom is 0.322 e. The van der Waals surface area contributed by atoms with Gasteiger partial charge in [-0.1, -0.05) is 16.7 Å². The van der Waals surface area contributed by atoms with Crippen LogP contribution in [-0.4, -0.2) is 22.6 Å². The molecule has 0 aliphatic carbocycles. The minimum absolute atomic E-state index is 0.00561. The minimum Gasteiger partial charge on any atom is -0.406 e. The van der Waals surface area contributed by atoms with Gasteiger partial charge in [0.2, 0.25) is 5.89 Å². The summed E-state index contributed by atoms with van der Waals surface area (Å²) in [6, 6.07) is 3.67. The molecule has 1 saturated heterocycles. The van der Waals surface area contributed by atoms with Gasteiger partial charge in [0.05, 0.1) is 11.6 Å². The van der Waals surface area contributed by atoms with Gasteiger partial charge in [-0.15, -0.1) is 5.10 Å². The normalized spacial score (nSPS) is 17.9. The molecular weight excluding hydrogens is 299 g/mol. The summed E-state index contributed by atoms with van der Waals surface area (Å²) >= 11 is 5.75. The van der Waals surface area contributed by atoms with Crippen molar-refractivity contribution < 1.29 is 13.6 Å². The monoisotopic (exact) mass is 310 g/mol. The molecule has 1 atom stereocenters. The lowest BCUT2D eigenvalue weighted by Crippen LogP contribution is -2.14. The topological polar surface area (TPSA) is 80.0 Å². The fourth-order valence-corrected chi connectivity index (χ4v) is 2.33. The van der Waals surface area contributed by atoms with Crippen LogP contribution in [0.2, 0.25) is 5.02 Å². The predicted molar refractivity (Wildman–Crippen MR) is 73.6 cm³/mol. The average molecular weight is 311 g/mol. The molecule has 2 N–H and O–H groups in total. The third-order valence-electron chi connectivity index (χ3n) is 3.19. The highest BCUT2D eigenvalue weighted by Gasteiger charge is 2.23. The fourth-order valence-electron chi connectivity index (χ4n) is 2.16. The zero-order chi connectivity index (χ0) is 14.8. The molecular formula is C13H12ClFN4O2. The van der Waals surface area contributed by atoms with Crippen LogP contribution in [0.15, 0.2) is 22.6 Å². The van der Waals surface area contributed by atoms with Crippen LogP contribution in [0.3, 0.4) is 0 Å². The number of carbonyl (C=O) groups is 1. The van der Waals surface area contributed by atoms with E-state index >= 15 is 0 Å². The molecule has 1 aromatic heterocycles. The SMILES string of the molecule is O=C(Nc1nnc(C2CCCN2)o1)c1cc(Cl)ccc1F. The number of hydrogen-bond donors (Lipinski definition) is 2. The van der Waals surface area contributed by atoms with E-state index in [0.29, 0.717) is 5.89 Å². The van der Waals surface area contributed by atoms with E-state index in [2.05, 4.69) is 20.8 Å². The summed E-state index contributed by atoms with van der Waals surface area (Å²) in [6.07, 6.45) is 1.93. The van der Waals surface area contributed by atoms with Crippen molar-refractivity contribution in [1.82, 2.24) is 15.5 Å². The van der Waals surface area contributed by atoms with Crippen LogP contribution >= 0.6 is 11.6 Å². The summed E-state index contributed by atoms with van der Waals surface area (Å²) in [5, 5.41) is 13.4. The Kier molecular flexibility index (Phi) is 3.85. The number of hydrogen-bond acceptors (Lipinski definition) is 5. The molecule has 0 saturated carbocycles. The van der Waals surface area contributed by atoms with Crippen molar-refractivity contribution in [2.24, 2.45) is 0 Å². The van der Waals surface area contributed by atoms with E-state index in [1.807, 2.05) is 0 Å². The van der Waals surface area contributed by atoms with Crippen LogP contribution < -0.4 is 10.6 Å². The highest BCUT2D eigenvalue weighted by atomic mass is 35.5. The van der Waals surface area contributed by atoms with Crippen molar-refractivity contribution in [2.75, 3.05) is 11.9 Å². The number of amides is 1. The van der Waals surface area contributed by atoms with Gasteiger partial charge in [-0.05, 0) is 37.6 Å². The zero-order valence-electron chi connectivity index (χ0n) is 10.9.